The third-order valence-corrected chi connectivity index (χ3v) is 3.53. The highest BCUT2D eigenvalue weighted by molar-refractivity contribution is 7.71. The third kappa shape index (κ3) is 2.90. The van der Waals surface area contributed by atoms with Gasteiger partial charge < -0.3 is 9.72 Å². The molecule has 1 heterocycles. The van der Waals surface area contributed by atoms with E-state index in [1.54, 1.807) is 0 Å². The van der Waals surface area contributed by atoms with Gasteiger partial charge in [-0.05, 0) is 61.1 Å². The Kier molecular flexibility index (Phi) is 3.88. The molecular formula is C17H16N2OS. The van der Waals surface area contributed by atoms with E-state index in [0.29, 0.717) is 11.4 Å². The summed E-state index contributed by atoms with van der Waals surface area (Å²) in [6.07, 6.45) is 2.02. The molecule has 0 unspecified atom stereocenters. The van der Waals surface area contributed by atoms with Gasteiger partial charge in [-0.15, -0.1) is 0 Å². The maximum Gasteiger partial charge on any atom is 0.182 e. The zero-order valence-corrected chi connectivity index (χ0v) is 12.6. The fraction of sp³-hybridized carbons (Fsp3) is 0.118. The zero-order chi connectivity index (χ0) is 14.7. The van der Waals surface area contributed by atoms with Gasteiger partial charge >= 0.3 is 0 Å². The van der Waals surface area contributed by atoms with Crippen molar-refractivity contribution in [2.24, 2.45) is 0 Å². The Hall–Kier alpha value is -2.33. The molecule has 3 aromatic rings. The van der Waals surface area contributed by atoms with Crippen LogP contribution in [0.5, 0.6) is 5.75 Å². The Balaban J connectivity index is 1.95. The van der Waals surface area contributed by atoms with Gasteiger partial charge in [-0.25, -0.2) is 0 Å². The van der Waals surface area contributed by atoms with E-state index in [9.17, 15) is 0 Å². The maximum absolute atomic E-state index is 5.46. The molecule has 4 heteroatoms. The Bertz CT molecular complexity index is 773. The highest BCUT2D eigenvalue weighted by Crippen LogP contribution is 2.22. The van der Waals surface area contributed by atoms with Crippen molar-refractivity contribution < 1.29 is 4.74 Å². The van der Waals surface area contributed by atoms with Crippen molar-refractivity contribution in [3.05, 3.63) is 65.6 Å². The Morgan fingerprint density at radius 1 is 1.05 bits per heavy atom. The van der Waals surface area contributed by atoms with Crippen LogP contribution in [0.1, 0.15) is 6.92 Å². The minimum absolute atomic E-state index is 0.673. The highest BCUT2D eigenvalue weighted by atomic mass is 32.1. The summed E-state index contributed by atoms with van der Waals surface area (Å²) in [5.41, 5.74) is 3.13. The van der Waals surface area contributed by atoms with E-state index in [0.717, 1.165) is 22.7 Å². The molecule has 0 amide bonds. The highest BCUT2D eigenvalue weighted by Gasteiger charge is 2.05. The lowest BCUT2D eigenvalue weighted by atomic mass is 10.1. The number of aromatic nitrogens is 2. The van der Waals surface area contributed by atoms with Gasteiger partial charge in [0.15, 0.2) is 4.77 Å². The molecule has 0 fully saturated rings. The first-order valence-corrected chi connectivity index (χ1v) is 7.29. The predicted molar refractivity (Wildman–Crippen MR) is 87.6 cm³/mol. The molecule has 2 aromatic carbocycles. The monoisotopic (exact) mass is 296 g/mol. The molecule has 0 radical (unpaired) electrons. The molecule has 21 heavy (non-hydrogen) atoms. The van der Waals surface area contributed by atoms with Gasteiger partial charge in [0.25, 0.3) is 0 Å². The smallest absolute Gasteiger partial charge is 0.182 e. The van der Waals surface area contributed by atoms with Gasteiger partial charge in [-0.1, -0.05) is 18.2 Å². The van der Waals surface area contributed by atoms with E-state index in [-0.39, 0.29) is 0 Å². The molecule has 1 N–H and O–H groups in total. The number of hydrogen-bond donors (Lipinski definition) is 1. The largest absolute Gasteiger partial charge is 0.494 e. The summed E-state index contributed by atoms with van der Waals surface area (Å²) < 4.78 is 8.12. The number of nitrogens with zero attached hydrogens (tertiary/aromatic N) is 1. The first-order valence-electron chi connectivity index (χ1n) is 6.88. The van der Waals surface area contributed by atoms with Crippen LogP contribution in [0.2, 0.25) is 0 Å². The first-order chi connectivity index (χ1) is 10.3. The fourth-order valence-electron chi connectivity index (χ4n) is 2.22. The molecular weight excluding hydrogens is 280 g/mol. The average Bonchev–Trinajstić information content (AvgIpc) is 2.91. The Morgan fingerprint density at radius 2 is 1.76 bits per heavy atom. The van der Waals surface area contributed by atoms with Gasteiger partial charge in [-0.3, -0.25) is 4.57 Å². The second-order valence-corrected chi connectivity index (χ2v) is 5.02. The van der Waals surface area contributed by atoms with Crippen LogP contribution in [0.4, 0.5) is 0 Å². The molecule has 3 rings (SSSR count). The number of para-hydroxylation sites is 1. The number of imidazole rings is 1. The fourth-order valence-corrected chi connectivity index (χ4v) is 2.49. The topological polar surface area (TPSA) is 29.9 Å². The second-order valence-electron chi connectivity index (χ2n) is 4.64. The van der Waals surface area contributed by atoms with Crippen molar-refractivity contribution in [1.29, 1.82) is 0 Å². The van der Waals surface area contributed by atoms with E-state index in [1.807, 2.05) is 72.3 Å². The molecule has 3 nitrogen and oxygen atoms in total. The lowest BCUT2D eigenvalue weighted by Crippen LogP contribution is -1.91. The lowest BCUT2D eigenvalue weighted by molar-refractivity contribution is 0.340. The Labute approximate surface area is 128 Å². The maximum atomic E-state index is 5.46. The number of H-pyrrole nitrogens is 1. The summed E-state index contributed by atoms with van der Waals surface area (Å²) >= 11 is 5.40. The summed E-state index contributed by atoms with van der Waals surface area (Å²) in [7, 11) is 0. The summed E-state index contributed by atoms with van der Waals surface area (Å²) in [6, 6.07) is 18.1. The van der Waals surface area contributed by atoms with Gasteiger partial charge in [0.05, 0.1) is 12.3 Å². The van der Waals surface area contributed by atoms with Crippen LogP contribution < -0.4 is 4.74 Å². The van der Waals surface area contributed by atoms with Crippen molar-refractivity contribution in [3.8, 4) is 22.7 Å². The minimum atomic E-state index is 0.673. The quantitative estimate of drug-likeness (QED) is 0.713. The van der Waals surface area contributed by atoms with E-state index in [1.165, 1.54) is 0 Å². The summed E-state index contributed by atoms with van der Waals surface area (Å²) in [5.74, 6) is 0.877. The number of benzene rings is 2. The number of aromatic amines is 1. The molecule has 0 saturated heterocycles. The lowest BCUT2D eigenvalue weighted by Gasteiger charge is -2.03. The number of hydrogen-bond acceptors (Lipinski definition) is 2. The van der Waals surface area contributed by atoms with Crippen LogP contribution in [0.25, 0.3) is 16.9 Å². The Morgan fingerprint density at radius 3 is 2.43 bits per heavy atom. The van der Waals surface area contributed by atoms with Crippen LogP contribution in [-0.2, 0) is 0 Å². The molecule has 0 atom stereocenters. The summed E-state index contributed by atoms with van der Waals surface area (Å²) in [5, 5.41) is 0. The molecule has 0 aliphatic heterocycles. The first kappa shape index (κ1) is 13.6. The van der Waals surface area contributed by atoms with Crippen LogP contribution in [0.15, 0.2) is 60.8 Å². The normalized spacial score (nSPS) is 10.5. The molecule has 0 spiro atoms. The molecule has 0 bridgehead atoms. The van der Waals surface area contributed by atoms with Crippen LogP contribution in [0, 0.1) is 4.77 Å². The third-order valence-electron chi connectivity index (χ3n) is 3.23. The average molecular weight is 296 g/mol. The zero-order valence-electron chi connectivity index (χ0n) is 11.7. The molecule has 106 valence electrons. The molecule has 1 aromatic heterocycles. The molecule has 0 aliphatic rings. The van der Waals surface area contributed by atoms with E-state index in [4.69, 9.17) is 17.0 Å². The second kappa shape index (κ2) is 5.97. The van der Waals surface area contributed by atoms with Crippen molar-refractivity contribution in [2.75, 3.05) is 6.61 Å². The molecule has 0 saturated carbocycles. The number of rotatable bonds is 4. The van der Waals surface area contributed by atoms with Crippen molar-refractivity contribution in [3.63, 3.8) is 0 Å². The van der Waals surface area contributed by atoms with Crippen molar-refractivity contribution in [2.45, 2.75) is 6.92 Å². The van der Waals surface area contributed by atoms with Gasteiger partial charge in [0.1, 0.15) is 5.75 Å². The van der Waals surface area contributed by atoms with E-state index < -0.39 is 0 Å². The molecule has 0 aliphatic carbocycles. The standard InChI is InChI=1S/C17H16N2OS/c1-2-20-15-10-8-13(9-11-15)16-12-19(17(21)18-16)14-6-4-3-5-7-14/h3-12H,2H2,1H3,(H,18,21). The van der Waals surface area contributed by atoms with Gasteiger partial charge in [0.2, 0.25) is 0 Å². The predicted octanol–water partition coefficient (Wildman–Crippen LogP) is 4.60. The van der Waals surface area contributed by atoms with Gasteiger partial charge in [0, 0.05) is 11.9 Å². The van der Waals surface area contributed by atoms with Crippen molar-refractivity contribution in [1.82, 2.24) is 9.55 Å². The SMILES string of the molecule is CCOc1ccc(-c2cn(-c3ccccc3)c(=S)[nH]2)cc1. The minimum Gasteiger partial charge on any atom is -0.494 e. The van der Waals surface area contributed by atoms with E-state index in [2.05, 4.69) is 4.98 Å². The van der Waals surface area contributed by atoms with Crippen LogP contribution >= 0.6 is 12.2 Å². The van der Waals surface area contributed by atoms with Gasteiger partial charge in [-0.2, -0.15) is 0 Å². The summed E-state index contributed by atoms with van der Waals surface area (Å²) in [6.45, 7) is 2.65. The summed E-state index contributed by atoms with van der Waals surface area (Å²) in [4.78, 5) is 3.25. The van der Waals surface area contributed by atoms with Crippen LogP contribution in [0.3, 0.4) is 0 Å². The van der Waals surface area contributed by atoms with E-state index >= 15 is 0 Å². The number of nitrogens with one attached hydrogen (secondary N) is 1. The number of ether oxygens (including phenoxy) is 1. The van der Waals surface area contributed by atoms with Crippen molar-refractivity contribution >= 4 is 12.2 Å². The van der Waals surface area contributed by atoms with Crippen LogP contribution in [-0.4, -0.2) is 16.2 Å².